The summed E-state index contributed by atoms with van der Waals surface area (Å²) in [4.78, 5) is 14.2. The minimum absolute atomic E-state index is 0.145. The molecule has 2 rings (SSSR count). The topological polar surface area (TPSA) is 62.6 Å². The standard InChI is InChI=1S/C18H18N2O3/c1-20(12-14-6-4-13(11-19)5-7-14)18(21)16-9-8-15(22-2)10-17(16)23-3/h4-10H,12H2,1-3H3. The Bertz CT molecular complexity index is 733. The lowest BCUT2D eigenvalue weighted by Crippen LogP contribution is -2.26. The van der Waals surface area contributed by atoms with Crippen molar-refractivity contribution in [2.24, 2.45) is 0 Å². The highest BCUT2D eigenvalue weighted by atomic mass is 16.5. The lowest BCUT2D eigenvalue weighted by molar-refractivity contribution is 0.0781. The SMILES string of the molecule is COc1ccc(C(=O)N(C)Cc2ccc(C#N)cc2)c(OC)c1. The average molecular weight is 310 g/mol. The van der Waals surface area contributed by atoms with Gasteiger partial charge in [-0.15, -0.1) is 0 Å². The zero-order valence-electron chi connectivity index (χ0n) is 13.4. The highest BCUT2D eigenvalue weighted by molar-refractivity contribution is 5.97. The second-order valence-electron chi connectivity index (χ2n) is 5.04. The molecule has 0 spiro atoms. The fourth-order valence-corrected chi connectivity index (χ4v) is 2.21. The first-order valence-corrected chi connectivity index (χ1v) is 7.05. The van der Waals surface area contributed by atoms with Gasteiger partial charge >= 0.3 is 0 Å². The molecule has 1 amide bonds. The van der Waals surface area contributed by atoms with Gasteiger partial charge in [0.2, 0.25) is 0 Å². The highest BCUT2D eigenvalue weighted by Crippen LogP contribution is 2.25. The normalized spacial score (nSPS) is 9.83. The summed E-state index contributed by atoms with van der Waals surface area (Å²) in [6, 6.07) is 14.3. The molecule has 0 saturated carbocycles. The van der Waals surface area contributed by atoms with Gasteiger partial charge in [0, 0.05) is 19.7 Å². The van der Waals surface area contributed by atoms with Gasteiger partial charge in [0.1, 0.15) is 11.5 Å². The van der Waals surface area contributed by atoms with E-state index in [0.717, 1.165) is 5.56 Å². The maximum absolute atomic E-state index is 12.6. The van der Waals surface area contributed by atoms with E-state index in [2.05, 4.69) is 6.07 Å². The molecule has 0 fully saturated rings. The molecule has 0 aromatic heterocycles. The number of nitriles is 1. The number of hydrogen-bond donors (Lipinski definition) is 0. The van der Waals surface area contributed by atoms with Crippen molar-refractivity contribution in [1.82, 2.24) is 4.90 Å². The molecule has 0 aliphatic rings. The molecular formula is C18H18N2O3. The first-order valence-electron chi connectivity index (χ1n) is 7.05. The molecule has 0 heterocycles. The molecule has 0 N–H and O–H groups in total. The summed E-state index contributed by atoms with van der Waals surface area (Å²) in [7, 11) is 4.81. The van der Waals surface area contributed by atoms with E-state index >= 15 is 0 Å². The van der Waals surface area contributed by atoms with Gasteiger partial charge in [0.15, 0.2) is 0 Å². The van der Waals surface area contributed by atoms with E-state index in [-0.39, 0.29) is 5.91 Å². The van der Waals surface area contributed by atoms with E-state index in [0.29, 0.717) is 29.2 Å². The minimum atomic E-state index is -0.145. The van der Waals surface area contributed by atoms with Crippen LogP contribution in [0.15, 0.2) is 42.5 Å². The quantitative estimate of drug-likeness (QED) is 0.852. The molecule has 0 bridgehead atoms. The number of benzene rings is 2. The third kappa shape index (κ3) is 3.80. The molecule has 2 aromatic carbocycles. The first-order chi connectivity index (χ1) is 11.1. The number of carbonyl (C=O) groups excluding carboxylic acids is 1. The van der Waals surface area contributed by atoms with Crippen molar-refractivity contribution in [3.63, 3.8) is 0 Å². The second kappa shape index (κ2) is 7.32. The van der Waals surface area contributed by atoms with E-state index in [1.807, 2.05) is 12.1 Å². The molecule has 0 unspecified atom stereocenters. The second-order valence-corrected chi connectivity index (χ2v) is 5.04. The van der Waals surface area contributed by atoms with Gasteiger partial charge in [-0.05, 0) is 29.8 Å². The van der Waals surface area contributed by atoms with Gasteiger partial charge in [0.05, 0.1) is 31.4 Å². The van der Waals surface area contributed by atoms with Crippen molar-refractivity contribution in [3.05, 3.63) is 59.2 Å². The average Bonchev–Trinajstić information content (AvgIpc) is 2.61. The Labute approximate surface area is 135 Å². The largest absolute Gasteiger partial charge is 0.497 e. The maximum atomic E-state index is 12.6. The minimum Gasteiger partial charge on any atom is -0.497 e. The van der Waals surface area contributed by atoms with Crippen molar-refractivity contribution in [1.29, 1.82) is 5.26 Å². The number of amides is 1. The van der Waals surface area contributed by atoms with E-state index < -0.39 is 0 Å². The summed E-state index contributed by atoms with van der Waals surface area (Å²) < 4.78 is 10.4. The highest BCUT2D eigenvalue weighted by Gasteiger charge is 2.17. The summed E-state index contributed by atoms with van der Waals surface area (Å²) in [5.41, 5.74) is 2.02. The molecule has 0 atom stereocenters. The number of carbonyl (C=O) groups is 1. The van der Waals surface area contributed by atoms with E-state index in [9.17, 15) is 4.79 Å². The van der Waals surface area contributed by atoms with Crippen LogP contribution in [-0.2, 0) is 6.54 Å². The summed E-state index contributed by atoms with van der Waals surface area (Å²) in [6.07, 6.45) is 0. The Balaban J connectivity index is 2.17. The molecule has 2 aromatic rings. The van der Waals surface area contributed by atoms with Crippen LogP contribution in [0.25, 0.3) is 0 Å². The molecule has 0 aliphatic carbocycles. The van der Waals surface area contributed by atoms with Crippen LogP contribution in [0, 0.1) is 11.3 Å². The van der Waals surface area contributed by atoms with Crippen LogP contribution >= 0.6 is 0 Å². The van der Waals surface area contributed by atoms with Gasteiger partial charge in [-0.2, -0.15) is 5.26 Å². The van der Waals surface area contributed by atoms with Crippen molar-refractivity contribution >= 4 is 5.91 Å². The monoisotopic (exact) mass is 310 g/mol. The molecule has 0 radical (unpaired) electrons. The number of hydrogen-bond acceptors (Lipinski definition) is 4. The molecule has 0 saturated heterocycles. The van der Waals surface area contributed by atoms with Gasteiger partial charge in [-0.25, -0.2) is 0 Å². The summed E-state index contributed by atoms with van der Waals surface area (Å²) in [5, 5.41) is 8.81. The lowest BCUT2D eigenvalue weighted by Gasteiger charge is -2.19. The molecule has 0 aliphatic heterocycles. The third-order valence-electron chi connectivity index (χ3n) is 3.49. The zero-order valence-corrected chi connectivity index (χ0v) is 13.4. The van der Waals surface area contributed by atoms with E-state index in [1.54, 1.807) is 49.4 Å². The number of methoxy groups -OCH3 is 2. The van der Waals surface area contributed by atoms with Crippen LogP contribution in [-0.4, -0.2) is 32.1 Å². The van der Waals surface area contributed by atoms with Crippen LogP contribution in [0.2, 0.25) is 0 Å². The summed E-state index contributed by atoms with van der Waals surface area (Å²) in [6.45, 7) is 0.444. The van der Waals surface area contributed by atoms with Crippen molar-refractivity contribution in [2.45, 2.75) is 6.54 Å². The molecule has 5 heteroatoms. The van der Waals surface area contributed by atoms with Crippen LogP contribution in [0.1, 0.15) is 21.5 Å². The third-order valence-corrected chi connectivity index (χ3v) is 3.49. The smallest absolute Gasteiger partial charge is 0.257 e. The van der Waals surface area contributed by atoms with Crippen LogP contribution < -0.4 is 9.47 Å². The number of rotatable bonds is 5. The Morgan fingerprint density at radius 3 is 2.39 bits per heavy atom. The fraction of sp³-hybridized carbons (Fsp3) is 0.222. The molecule has 5 nitrogen and oxygen atoms in total. The maximum Gasteiger partial charge on any atom is 0.257 e. The predicted molar refractivity (Wildman–Crippen MR) is 86.5 cm³/mol. The molecule has 118 valence electrons. The van der Waals surface area contributed by atoms with Crippen molar-refractivity contribution < 1.29 is 14.3 Å². The lowest BCUT2D eigenvalue weighted by atomic mass is 10.1. The summed E-state index contributed by atoms with van der Waals surface area (Å²) >= 11 is 0. The van der Waals surface area contributed by atoms with Gasteiger partial charge < -0.3 is 14.4 Å². The number of nitrogens with zero attached hydrogens (tertiary/aromatic N) is 2. The van der Waals surface area contributed by atoms with Crippen molar-refractivity contribution in [3.8, 4) is 17.6 Å². The summed E-state index contributed by atoms with van der Waals surface area (Å²) in [5.74, 6) is 0.961. The predicted octanol–water partition coefficient (Wildman–Crippen LogP) is 2.85. The first kappa shape index (κ1) is 16.4. The van der Waals surface area contributed by atoms with Crippen LogP contribution in [0.4, 0.5) is 0 Å². The fourth-order valence-electron chi connectivity index (χ4n) is 2.21. The Kier molecular flexibility index (Phi) is 5.21. The van der Waals surface area contributed by atoms with Crippen LogP contribution in [0.3, 0.4) is 0 Å². The van der Waals surface area contributed by atoms with Crippen LogP contribution in [0.5, 0.6) is 11.5 Å². The van der Waals surface area contributed by atoms with E-state index in [1.165, 1.54) is 7.11 Å². The molecule has 23 heavy (non-hydrogen) atoms. The Morgan fingerprint density at radius 1 is 1.13 bits per heavy atom. The zero-order chi connectivity index (χ0) is 16.8. The Hall–Kier alpha value is -3.00. The van der Waals surface area contributed by atoms with Gasteiger partial charge in [-0.1, -0.05) is 12.1 Å². The molecular weight excluding hydrogens is 292 g/mol. The van der Waals surface area contributed by atoms with Gasteiger partial charge in [0.25, 0.3) is 5.91 Å². The van der Waals surface area contributed by atoms with Crippen molar-refractivity contribution in [2.75, 3.05) is 21.3 Å². The number of ether oxygens (including phenoxy) is 2. The van der Waals surface area contributed by atoms with Gasteiger partial charge in [-0.3, -0.25) is 4.79 Å². The Morgan fingerprint density at radius 2 is 1.83 bits per heavy atom. The van der Waals surface area contributed by atoms with E-state index in [4.69, 9.17) is 14.7 Å².